The van der Waals surface area contributed by atoms with Gasteiger partial charge in [0.1, 0.15) is 0 Å². The van der Waals surface area contributed by atoms with Crippen molar-refractivity contribution in [1.82, 2.24) is 9.62 Å². The Morgan fingerprint density at radius 2 is 1.72 bits per heavy atom. The quantitative estimate of drug-likeness (QED) is 0.843. The zero-order valence-electron chi connectivity index (χ0n) is 11.0. The number of hydrogen-bond acceptors (Lipinski definition) is 3. The van der Waals surface area contributed by atoms with Gasteiger partial charge in [0.2, 0.25) is 10.0 Å². The Kier molecular flexibility index (Phi) is 3.65. The molecule has 18 heavy (non-hydrogen) atoms. The van der Waals surface area contributed by atoms with Crippen LogP contribution in [-0.4, -0.2) is 43.6 Å². The van der Waals surface area contributed by atoms with E-state index in [0.29, 0.717) is 30.3 Å². The van der Waals surface area contributed by atoms with Crippen molar-refractivity contribution in [1.29, 1.82) is 0 Å². The second-order valence-electron chi connectivity index (χ2n) is 6.21. The highest BCUT2D eigenvalue weighted by atomic mass is 32.2. The van der Waals surface area contributed by atoms with Gasteiger partial charge in [-0.3, -0.25) is 0 Å². The normalized spacial score (nSPS) is 34.9. The summed E-state index contributed by atoms with van der Waals surface area (Å²) in [4.78, 5) is 0. The van der Waals surface area contributed by atoms with Gasteiger partial charge >= 0.3 is 0 Å². The summed E-state index contributed by atoms with van der Waals surface area (Å²) in [5, 5.41) is 3.54. The van der Waals surface area contributed by atoms with Gasteiger partial charge in [-0.1, -0.05) is 12.8 Å². The molecule has 1 saturated carbocycles. The Labute approximate surface area is 110 Å². The van der Waals surface area contributed by atoms with E-state index >= 15 is 0 Å². The molecular weight excluding hydrogens is 248 g/mol. The van der Waals surface area contributed by atoms with Crippen molar-refractivity contribution in [2.24, 2.45) is 5.92 Å². The van der Waals surface area contributed by atoms with E-state index in [9.17, 15) is 8.42 Å². The molecule has 2 bridgehead atoms. The minimum atomic E-state index is -3.02. The first-order chi connectivity index (χ1) is 8.63. The molecule has 1 N–H and O–H groups in total. The van der Waals surface area contributed by atoms with Crippen molar-refractivity contribution in [3.63, 3.8) is 0 Å². The molecule has 2 aliphatic heterocycles. The Morgan fingerprint density at radius 1 is 1.00 bits per heavy atom. The van der Waals surface area contributed by atoms with Crippen LogP contribution in [0.15, 0.2) is 0 Å². The average molecular weight is 272 g/mol. The fraction of sp³-hybridized carbons (Fsp3) is 1.00. The molecule has 0 aromatic heterocycles. The molecule has 0 aromatic rings. The van der Waals surface area contributed by atoms with Crippen LogP contribution in [0.1, 0.15) is 44.9 Å². The van der Waals surface area contributed by atoms with E-state index in [1.165, 1.54) is 19.3 Å². The lowest BCUT2D eigenvalue weighted by molar-refractivity contribution is 0.378. The largest absolute Gasteiger partial charge is 0.310 e. The molecule has 3 rings (SSSR count). The average Bonchev–Trinajstić information content (AvgIpc) is 2.87. The third-order valence-electron chi connectivity index (χ3n) is 4.80. The summed E-state index contributed by atoms with van der Waals surface area (Å²) in [6.45, 7) is 1.43. The van der Waals surface area contributed by atoms with Crippen molar-refractivity contribution < 1.29 is 8.42 Å². The topological polar surface area (TPSA) is 49.4 Å². The fourth-order valence-corrected chi connectivity index (χ4v) is 5.67. The molecule has 104 valence electrons. The van der Waals surface area contributed by atoms with Gasteiger partial charge < -0.3 is 5.32 Å². The van der Waals surface area contributed by atoms with Gasteiger partial charge in [-0.15, -0.1) is 0 Å². The summed E-state index contributed by atoms with van der Waals surface area (Å²) < 4.78 is 26.7. The number of fused-ring (bicyclic) bond motifs is 2. The first-order valence-electron chi connectivity index (χ1n) is 7.37. The highest BCUT2D eigenvalue weighted by molar-refractivity contribution is 7.89. The molecule has 3 fully saturated rings. The van der Waals surface area contributed by atoms with E-state index < -0.39 is 10.0 Å². The van der Waals surface area contributed by atoms with Crippen molar-refractivity contribution in [2.75, 3.05) is 18.8 Å². The van der Waals surface area contributed by atoms with Gasteiger partial charge in [-0.25, -0.2) is 12.7 Å². The summed E-state index contributed by atoms with van der Waals surface area (Å²) in [6.07, 6.45) is 8.00. The summed E-state index contributed by atoms with van der Waals surface area (Å²) in [7, 11) is -3.02. The Hall–Kier alpha value is -0.130. The predicted octanol–water partition coefficient (Wildman–Crippen LogP) is 1.33. The lowest BCUT2D eigenvalue weighted by Crippen LogP contribution is -2.41. The van der Waals surface area contributed by atoms with Crippen LogP contribution in [0.4, 0.5) is 0 Å². The van der Waals surface area contributed by atoms with Crippen LogP contribution < -0.4 is 5.32 Å². The van der Waals surface area contributed by atoms with E-state index in [1.807, 2.05) is 0 Å². The van der Waals surface area contributed by atoms with Crippen LogP contribution >= 0.6 is 0 Å². The second-order valence-corrected chi connectivity index (χ2v) is 8.23. The highest BCUT2D eigenvalue weighted by Gasteiger charge is 2.35. The molecule has 2 heterocycles. The van der Waals surface area contributed by atoms with Crippen molar-refractivity contribution in [3.8, 4) is 0 Å². The van der Waals surface area contributed by atoms with Gasteiger partial charge in [-0.2, -0.15) is 0 Å². The molecule has 0 spiro atoms. The fourth-order valence-electron chi connectivity index (χ4n) is 3.74. The molecule has 2 unspecified atom stereocenters. The van der Waals surface area contributed by atoms with Crippen molar-refractivity contribution in [3.05, 3.63) is 0 Å². The molecule has 0 aromatic carbocycles. The maximum Gasteiger partial charge on any atom is 0.214 e. The molecule has 4 nitrogen and oxygen atoms in total. The van der Waals surface area contributed by atoms with Crippen molar-refractivity contribution >= 4 is 10.0 Å². The second kappa shape index (κ2) is 5.10. The van der Waals surface area contributed by atoms with Crippen LogP contribution in [-0.2, 0) is 10.0 Å². The van der Waals surface area contributed by atoms with Crippen LogP contribution in [0, 0.1) is 5.92 Å². The molecule has 2 atom stereocenters. The highest BCUT2D eigenvalue weighted by Crippen LogP contribution is 2.28. The number of nitrogens with zero attached hydrogens (tertiary/aromatic N) is 1. The summed E-state index contributed by atoms with van der Waals surface area (Å²) in [5.41, 5.74) is 0. The predicted molar refractivity (Wildman–Crippen MR) is 71.9 cm³/mol. The van der Waals surface area contributed by atoms with Crippen LogP contribution in [0.3, 0.4) is 0 Å². The van der Waals surface area contributed by atoms with Gasteiger partial charge in [0, 0.05) is 25.2 Å². The lowest BCUT2D eigenvalue weighted by Gasteiger charge is -2.25. The maximum atomic E-state index is 12.5. The first-order valence-corrected chi connectivity index (χ1v) is 8.98. The van der Waals surface area contributed by atoms with E-state index in [1.54, 1.807) is 4.31 Å². The third-order valence-corrected chi connectivity index (χ3v) is 6.81. The zero-order chi connectivity index (χ0) is 12.6. The molecule has 0 amide bonds. The van der Waals surface area contributed by atoms with E-state index in [4.69, 9.17) is 0 Å². The Morgan fingerprint density at radius 3 is 2.50 bits per heavy atom. The van der Waals surface area contributed by atoms with Gasteiger partial charge in [0.05, 0.1) is 5.75 Å². The molecule has 2 saturated heterocycles. The minimum Gasteiger partial charge on any atom is -0.310 e. The Bertz CT molecular complexity index is 390. The monoisotopic (exact) mass is 272 g/mol. The van der Waals surface area contributed by atoms with Gasteiger partial charge in [0.15, 0.2) is 0 Å². The number of nitrogens with one attached hydrogen (secondary N) is 1. The van der Waals surface area contributed by atoms with Crippen LogP contribution in [0.25, 0.3) is 0 Å². The standard InChI is InChI=1S/C13H24N2O2S/c16-18(17,10-11-3-1-2-4-11)15-8-7-12-5-6-13(9-15)14-12/h11-14H,1-10H2. The molecule has 1 aliphatic carbocycles. The third kappa shape index (κ3) is 2.73. The van der Waals surface area contributed by atoms with Crippen LogP contribution in [0.2, 0.25) is 0 Å². The summed E-state index contributed by atoms with van der Waals surface area (Å²) in [5.74, 6) is 0.813. The summed E-state index contributed by atoms with van der Waals surface area (Å²) >= 11 is 0. The number of hydrogen-bond donors (Lipinski definition) is 1. The lowest BCUT2D eigenvalue weighted by atomic mass is 10.1. The number of rotatable bonds is 3. The minimum absolute atomic E-state index is 0.393. The molecule has 5 heteroatoms. The molecular formula is C13H24N2O2S. The first kappa shape index (κ1) is 12.9. The SMILES string of the molecule is O=S(=O)(CC1CCCC1)N1CCC2CCC(C1)N2. The van der Waals surface area contributed by atoms with E-state index in [0.717, 1.165) is 32.2 Å². The Balaban J connectivity index is 1.65. The van der Waals surface area contributed by atoms with Crippen LogP contribution in [0.5, 0.6) is 0 Å². The number of sulfonamides is 1. The van der Waals surface area contributed by atoms with Gasteiger partial charge in [0.25, 0.3) is 0 Å². The van der Waals surface area contributed by atoms with E-state index in [2.05, 4.69) is 5.32 Å². The smallest absolute Gasteiger partial charge is 0.214 e. The van der Waals surface area contributed by atoms with Gasteiger partial charge in [-0.05, 0) is 38.0 Å². The molecule has 3 aliphatic rings. The maximum absolute atomic E-state index is 12.5. The molecule has 0 radical (unpaired) electrons. The zero-order valence-corrected chi connectivity index (χ0v) is 11.8. The van der Waals surface area contributed by atoms with E-state index in [-0.39, 0.29) is 0 Å². The van der Waals surface area contributed by atoms with Crippen molar-refractivity contribution in [2.45, 2.75) is 57.0 Å². The summed E-state index contributed by atoms with van der Waals surface area (Å²) in [6, 6.07) is 0.956.